The van der Waals surface area contributed by atoms with E-state index in [9.17, 15) is 14.4 Å². The van der Waals surface area contributed by atoms with Gasteiger partial charge in [0.05, 0.1) is 18.7 Å². The Hall–Kier alpha value is -3.84. The molecular formula is C27H26ClN3O4. The van der Waals surface area contributed by atoms with Crippen molar-refractivity contribution in [2.45, 2.75) is 32.4 Å². The molecule has 1 heterocycles. The summed E-state index contributed by atoms with van der Waals surface area (Å²) in [6, 6.07) is 21.4. The van der Waals surface area contributed by atoms with E-state index in [1.54, 1.807) is 72.8 Å². The van der Waals surface area contributed by atoms with Gasteiger partial charge in [-0.25, -0.2) is 9.69 Å². The van der Waals surface area contributed by atoms with Crippen molar-refractivity contribution in [1.82, 2.24) is 4.90 Å². The fourth-order valence-electron chi connectivity index (χ4n) is 3.86. The molecule has 1 aliphatic heterocycles. The highest BCUT2D eigenvalue weighted by Crippen LogP contribution is 2.29. The summed E-state index contributed by atoms with van der Waals surface area (Å²) in [6.45, 7) is 2.82. The number of nitrogens with one attached hydrogen (secondary N) is 1. The number of amides is 4. The number of rotatable bonds is 9. The largest absolute Gasteiger partial charge is 0.494 e. The zero-order chi connectivity index (χ0) is 24.8. The summed E-state index contributed by atoms with van der Waals surface area (Å²) in [5, 5.41) is 3.39. The molecule has 35 heavy (non-hydrogen) atoms. The third-order valence-corrected chi connectivity index (χ3v) is 5.84. The van der Waals surface area contributed by atoms with Gasteiger partial charge in [0.1, 0.15) is 11.8 Å². The number of hydrogen-bond acceptors (Lipinski definition) is 4. The SMILES string of the molecule is CCCOc1ccc(NC(=O)C[C@@H]2C(=O)N(c3ccccc3)C(=O)N2Cc2ccc(Cl)cc2)cc1. The summed E-state index contributed by atoms with van der Waals surface area (Å²) in [5.41, 5.74) is 1.85. The van der Waals surface area contributed by atoms with Crippen LogP contribution in [0.15, 0.2) is 78.9 Å². The number of nitrogens with zero attached hydrogens (tertiary/aromatic N) is 2. The molecular weight excluding hydrogens is 466 g/mol. The van der Waals surface area contributed by atoms with Crippen LogP contribution in [0.25, 0.3) is 0 Å². The topological polar surface area (TPSA) is 79.0 Å². The molecule has 1 N–H and O–H groups in total. The van der Waals surface area contributed by atoms with Gasteiger partial charge >= 0.3 is 6.03 Å². The smallest absolute Gasteiger partial charge is 0.332 e. The van der Waals surface area contributed by atoms with E-state index < -0.39 is 18.0 Å². The number of hydrogen-bond donors (Lipinski definition) is 1. The molecule has 0 saturated carbocycles. The molecule has 1 aliphatic rings. The Balaban J connectivity index is 1.52. The third kappa shape index (κ3) is 5.81. The molecule has 0 aromatic heterocycles. The van der Waals surface area contributed by atoms with Gasteiger partial charge in [0.15, 0.2) is 0 Å². The maximum atomic E-state index is 13.3. The maximum absolute atomic E-state index is 13.3. The first-order valence-electron chi connectivity index (χ1n) is 11.4. The van der Waals surface area contributed by atoms with E-state index in [0.717, 1.165) is 16.9 Å². The Labute approximate surface area is 209 Å². The molecule has 180 valence electrons. The Kier molecular flexibility index (Phi) is 7.67. The molecule has 0 unspecified atom stereocenters. The zero-order valence-corrected chi connectivity index (χ0v) is 20.1. The first-order valence-corrected chi connectivity index (χ1v) is 11.8. The number of urea groups is 1. The van der Waals surface area contributed by atoms with Gasteiger partial charge in [-0.3, -0.25) is 9.59 Å². The highest BCUT2D eigenvalue weighted by Gasteiger charge is 2.46. The van der Waals surface area contributed by atoms with E-state index in [0.29, 0.717) is 28.8 Å². The number of anilines is 2. The molecule has 1 saturated heterocycles. The lowest BCUT2D eigenvalue weighted by Crippen LogP contribution is -2.37. The van der Waals surface area contributed by atoms with E-state index >= 15 is 0 Å². The van der Waals surface area contributed by atoms with Crippen molar-refractivity contribution in [3.63, 3.8) is 0 Å². The Morgan fingerprint density at radius 3 is 2.31 bits per heavy atom. The summed E-state index contributed by atoms with van der Waals surface area (Å²) < 4.78 is 5.57. The van der Waals surface area contributed by atoms with Crippen LogP contribution in [0.5, 0.6) is 5.75 Å². The summed E-state index contributed by atoms with van der Waals surface area (Å²) in [4.78, 5) is 42.1. The first-order chi connectivity index (χ1) is 17.0. The van der Waals surface area contributed by atoms with Crippen molar-refractivity contribution in [2.75, 3.05) is 16.8 Å². The number of ether oxygens (including phenoxy) is 1. The van der Waals surface area contributed by atoms with Crippen molar-refractivity contribution in [2.24, 2.45) is 0 Å². The highest BCUT2D eigenvalue weighted by atomic mass is 35.5. The zero-order valence-electron chi connectivity index (χ0n) is 19.3. The maximum Gasteiger partial charge on any atom is 0.332 e. The van der Waals surface area contributed by atoms with Crippen LogP contribution in [0.1, 0.15) is 25.3 Å². The quantitative estimate of drug-likeness (QED) is 0.401. The molecule has 0 radical (unpaired) electrons. The number of carbonyl (C=O) groups is 3. The fourth-order valence-corrected chi connectivity index (χ4v) is 3.98. The Morgan fingerprint density at radius 1 is 0.971 bits per heavy atom. The van der Waals surface area contributed by atoms with Crippen LogP contribution in [0.3, 0.4) is 0 Å². The number of halogens is 1. The van der Waals surface area contributed by atoms with Gasteiger partial charge in [-0.2, -0.15) is 0 Å². The fraction of sp³-hybridized carbons (Fsp3) is 0.222. The minimum absolute atomic E-state index is 0.171. The first kappa shape index (κ1) is 24.3. The third-order valence-electron chi connectivity index (χ3n) is 5.59. The molecule has 3 aromatic carbocycles. The molecule has 4 amide bonds. The molecule has 8 heteroatoms. The van der Waals surface area contributed by atoms with Crippen molar-refractivity contribution in [1.29, 1.82) is 0 Å². The molecule has 0 aliphatic carbocycles. The predicted molar refractivity (Wildman–Crippen MR) is 136 cm³/mol. The summed E-state index contributed by atoms with van der Waals surface area (Å²) in [6.07, 6.45) is 0.731. The highest BCUT2D eigenvalue weighted by molar-refractivity contribution is 6.30. The number of carbonyl (C=O) groups excluding carboxylic acids is 3. The van der Waals surface area contributed by atoms with Crippen molar-refractivity contribution in [3.05, 3.63) is 89.4 Å². The van der Waals surface area contributed by atoms with Crippen LogP contribution in [0.2, 0.25) is 5.02 Å². The molecule has 3 aromatic rings. The predicted octanol–water partition coefficient (Wildman–Crippen LogP) is 5.50. The molecule has 0 bridgehead atoms. The van der Waals surface area contributed by atoms with Crippen LogP contribution in [-0.2, 0) is 16.1 Å². The normalized spacial score (nSPS) is 15.4. The van der Waals surface area contributed by atoms with Crippen LogP contribution < -0.4 is 15.0 Å². The summed E-state index contributed by atoms with van der Waals surface area (Å²) >= 11 is 5.99. The lowest BCUT2D eigenvalue weighted by molar-refractivity contribution is -0.124. The van der Waals surface area contributed by atoms with E-state index in [2.05, 4.69) is 5.32 Å². The van der Waals surface area contributed by atoms with Gasteiger partial charge in [-0.1, -0.05) is 48.9 Å². The second kappa shape index (κ2) is 11.1. The van der Waals surface area contributed by atoms with E-state index in [1.165, 1.54) is 4.90 Å². The molecule has 0 spiro atoms. The van der Waals surface area contributed by atoms with Gasteiger partial charge in [0.25, 0.3) is 5.91 Å². The monoisotopic (exact) mass is 491 g/mol. The van der Waals surface area contributed by atoms with Crippen molar-refractivity contribution >= 4 is 40.8 Å². The number of benzene rings is 3. The Morgan fingerprint density at radius 2 is 1.66 bits per heavy atom. The van der Waals surface area contributed by atoms with Crippen LogP contribution >= 0.6 is 11.6 Å². The van der Waals surface area contributed by atoms with Gasteiger partial charge in [0.2, 0.25) is 5.91 Å². The summed E-state index contributed by atoms with van der Waals surface area (Å²) in [5.74, 6) is -0.0860. The van der Waals surface area contributed by atoms with Crippen molar-refractivity contribution in [3.8, 4) is 5.75 Å². The van der Waals surface area contributed by atoms with Crippen LogP contribution in [0, 0.1) is 0 Å². The Bertz CT molecular complexity index is 1180. The molecule has 7 nitrogen and oxygen atoms in total. The second-order valence-electron chi connectivity index (χ2n) is 8.19. The number of imide groups is 1. The van der Waals surface area contributed by atoms with Gasteiger partial charge < -0.3 is 15.0 Å². The molecule has 4 rings (SSSR count). The van der Waals surface area contributed by atoms with E-state index in [-0.39, 0.29) is 18.9 Å². The number of para-hydroxylation sites is 1. The lowest BCUT2D eigenvalue weighted by atomic mass is 10.1. The van der Waals surface area contributed by atoms with Gasteiger partial charge in [-0.15, -0.1) is 0 Å². The molecule has 1 fully saturated rings. The lowest BCUT2D eigenvalue weighted by Gasteiger charge is -2.21. The molecule has 1 atom stereocenters. The van der Waals surface area contributed by atoms with Crippen LogP contribution in [-0.4, -0.2) is 35.4 Å². The van der Waals surface area contributed by atoms with Crippen LogP contribution in [0.4, 0.5) is 16.2 Å². The average molecular weight is 492 g/mol. The van der Waals surface area contributed by atoms with Crippen molar-refractivity contribution < 1.29 is 19.1 Å². The van der Waals surface area contributed by atoms with E-state index in [1.807, 2.05) is 13.0 Å². The minimum Gasteiger partial charge on any atom is -0.494 e. The minimum atomic E-state index is -0.939. The second-order valence-corrected chi connectivity index (χ2v) is 8.62. The van der Waals surface area contributed by atoms with Gasteiger partial charge in [0, 0.05) is 17.3 Å². The summed E-state index contributed by atoms with van der Waals surface area (Å²) in [7, 11) is 0. The standard InChI is InChI=1S/C27H26ClN3O4/c1-2-16-35-23-14-12-21(13-15-23)29-25(32)17-24-26(33)31(22-6-4-3-5-7-22)27(34)30(24)18-19-8-10-20(28)11-9-19/h3-15,24H,2,16-18H2,1H3,(H,29,32)/t24-/m1/s1. The van der Waals surface area contributed by atoms with Gasteiger partial charge in [-0.05, 0) is 60.5 Å². The average Bonchev–Trinajstić information content (AvgIpc) is 3.09. The van der Waals surface area contributed by atoms with E-state index in [4.69, 9.17) is 16.3 Å².